The Hall–Kier alpha value is -1.51. The van der Waals surface area contributed by atoms with E-state index in [-0.39, 0.29) is 17.3 Å². The summed E-state index contributed by atoms with van der Waals surface area (Å²) in [6.45, 7) is 7.16. The molecule has 132 valence electrons. The highest BCUT2D eigenvalue weighted by Crippen LogP contribution is 2.60. The zero-order valence-electron chi connectivity index (χ0n) is 15.4. The molecule has 0 amide bonds. The van der Waals surface area contributed by atoms with Crippen LogP contribution in [0.15, 0.2) is 35.2 Å². The summed E-state index contributed by atoms with van der Waals surface area (Å²) in [5, 5.41) is 0. The number of furan rings is 1. The maximum Gasteiger partial charge on any atom is 0.312 e. The van der Waals surface area contributed by atoms with E-state index in [4.69, 9.17) is 9.15 Å². The van der Waals surface area contributed by atoms with Crippen molar-refractivity contribution >= 4 is 5.97 Å². The standard InChI is InChI=1S/C21H30O3/c1-20(2)11-5-12-21(3)17(8-6-15-10-13-24-14-15)16(19(22)23-4)7-9-18(20)21/h7,9-10,13-14,16-18H,5-6,8,11-12H2,1-4H3/t16-,17+,18+,21-/m1/s1. The van der Waals surface area contributed by atoms with Gasteiger partial charge in [-0.1, -0.05) is 39.3 Å². The zero-order chi connectivity index (χ0) is 17.4. The van der Waals surface area contributed by atoms with E-state index in [1.165, 1.54) is 31.9 Å². The second-order valence-corrected chi connectivity index (χ2v) is 8.54. The Morgan fingerprint density at radius 1 is 1.29 bits per heavy atom. The molecule has 1 saturated carbocycles. The summed E-state index contributed by atoms with van der Waals surface area (Å²) >= 11 is 0. The van der Waals surface area contributed by atoms with E-state index in [1.807, 2.05) is 12.3 Å². The van der Waals surface area contributed by atoms with Crippen molar-refractivity contribution in [1.29, 1.82) is 0 Å². The Morgan fingerprint density at radius 2 is 2.08 bits per heavy atom. The zero-order valence-corrected chi connectivity index (χ0v) is 15.4. The Bertz CT molecular complexity index is 599. The van der Waals surface area contributed by atoms with Gasteiger partial charge in [0, 0.05) is 0 Å². The van der Waals surface area contributed by atoms with Crippen LogP contribution in [0.5, 0.6) is 0 Å². The molecule has 2 aliphatic rings. The first-order valence-corrected chi connectivity index (χ1v) is 9.16. The van der Waals surface area contributed by atoms with E-state index in [0.29, 0.717) is 17.3 Å². The molecule has 3 heteroatoms. The van der Waals surface area contributed by atoms with Crippen LogP contribution in [0.25, 0.3) is 0 Å². The Kier molecular flexibility index (Phi) is 4.63. The molecule has 4 atom stereocenters. The third-order valence-electron chi connectivity index (χ3n) is 6.68. The minimum Gasteiger partial charge on any atom is -0.472 e. The van der Waals surface area contributed by atoms with Crippen LogP contribution in [-0.2, 0) is 16.0 Å². The van der Waals surface area contributed by atoms with Crippen molar-refractivity contribution < 1.29 is 13.9 Å². The molecule has 1 fully saturated rings. The average molecular weight is 330 g/mol. The van der Waals surface area contributed by atoms with Crippen LogP contribution in [0, 0.1) is 28.6 Å². The van der Waals surface area contributed by atoms with E-state index < -0.39 is 0 Å². The summed E-state index contributed by atoms with van der Waals surface area (Å²) in [6.07, 6.45) is 13.6. The molecule has 1 heterocycles. The molecule has 0 bridgehead atoms. The number of carbonyl (C=O) groups excluding carboxylic acids is 1. The highest BCUT2D eigenvalue weighted by molar-refractivity contribution is 5.75. The van der Waals surface area contributed by atoms with Crippen molar-refractivity contribution in [2.45, 2.75) is 52.9 Å². The SMILES string of the molecule is COC(=O)[C@@H]1C=C[C@H]2C(C)(C)CCC[C@]2(C)[C@H]1CCc1ccoc1. The topological polar surface area (TPSA) is 39.4 Å². The lowest BCUT2D eigenvalue weighted by atomic mass is 9.48. The molecule has 0 saturated heterocycles. The summed E-state index contributed by atoms with van der Waals surface area (Å²) < 4.78 is 10.3. The fourth-order valence-electron chi connectivity index (χ4n) is 5.45. The molecular formula is C21H30O3. The number of methoxy groups -OCH3 is 1. The van der Waals surface area contributed by atoms with Crippen LogP contribution in [0.3, 0.4) is 0 Å². The van der Waals surface area contributed by atoms with Crippen molar-refractivity contribution in [2.24, 2.45) is 28.6 Å². The number of hydrogen-bond acceptors (Lipinski definition) is 3. The van der Waals surface area contributed by atoms with Gasteiger partial charge >= 0.3 is 5.97 Å². The number of ether oxygens (including phenoxy) is 1. The quantitative estimate of drug-likeness (QED) is 0.575. The number of hydrogen-bond donors (Lipinski definition) is 0. The minimum atomic E-state index is -0.128. The van der Waals surface area contributed by atoms with Gasteiger partial charge in [0.1, 0.15) is 0 Å². The fraction of sp³-hybridized carbons (Fsp3) is 0.667. The largest absolute Gasteiger partial charge is 0.472 e. The van der Waals surface area contributed by atoms with Gasteiger partial charge in [-0.05, 0) is 60.0 Å². The van der Waals surface area contributed by atoms with Crippen molar-refractivity contribution in [3.05, 3.63) is 36.3 Å². The van der Waals surface area contributed by atoms with E-state index in [2.05, 4.69) is 32.9 Å². The molecule has 0 N–H and O–H groups in total. The lowest BCUT2D eigenvalue weighted by molar-refractivity contribution is -0.150. The first-order chi connectivity index (χ1) is 11.4. The van der Waals surface area contributed by atoms with E-state index in [9.17, 15) is 4.79 Å². The minimum absolute atomic E-state index is 0.0912. The Balaban J connectivity index is 1.92. The first kappa shape index (κ1) is 17.3. The number of rotatable bonds is 4. The highest BCUT2D eigenvalue weighted by Gasteiger charge is 2.53. The van der Waals surface area contributed by atoms with E-state index in [0.717, 1.165) is 12.8 Å². The predicted molar refractivity (Wildman–Crippen MR) is 94.4 cm³/mol. The predicted octanol–water partition coefficient (Wildman–Crippen LogP) is 5.02. The lowest BCUT2D eigenvalue weighted by Gasteiger charge is -2.56. The summed E-state index contributed by atoms with van der Waals surface area (Å²) in [5.41, 5.74) is 1.65. The lowest BCUT2D eigenvalue weighted by Crippen LogP contribution is -2.51. The summed E-state index contributed by atoms with van der Waals surface area (Å²) in [4.78, 5) is 12.4. The van der Waals surface area contributed by atoms with E-state index >= 15 is 0 Å². The van der Waals surface area contributed by atoms with Gasteiger partial charge in [-0.15, -0.1) is 0 Å². The summed E-state index contributed by atoms with van der Waals surface area (Å²) in [6, 6.07) is 2.02. The van der Waals surface area contributed by atoms with Gasteiger partial charge in [0.05, 0.1) is 25.6 Å². The van der Waals surface area contributed by atoms with Gasteiger partial charge in [-0.2, -0.15) is 0 Å². The molecule has 0 spiro atoms. The van der Waals surface area contributed by atoms with Gasteiger partial charge in [0.2, 0.25) is 0 Å². The molecular weight excluding hydrogens is 300 g/mol. The normalized spacial score (nSPS) is 34.6. The van der Waals surface area contributed by atoms with Gasteiger partial charge in [-0.25, -0.2) is 0 Å². The third-order valence-corrected chi connectivity index (χ3v) is 6.68. The second kappa shape index (κ2) is 6.42. The maximum atomic E-state index is 12.4. The molecule has 0 unspecified atom stereocenters. The van der Waals surface area contributed by atoms with Crippen LogP contribution in [0.1, 0.15) is 52.0 Å². The monoisotopic (exact) mass is 330 g/mol. The van der Waals surface area contributed by atoms with Crippen LogP contribution >= 0.6 is 0 Å². The third kappa shape index (κ3) is 2.94. The molecule has 0 radical (unpaired) electrons. The van der Waals surface area contributed by atoms with Crippen molar-refractivity contribution in [1.82, 2.24) is 0 Å². The summed E-state index contributed by atoms with van der Waals surface area (Å²) in [7, 11) is 1.50. The number of fused-ring (bicyclic) bond motifs is 1. The Labute approximate surface area is 145 Å². The van der Waals surface area contributed by atoms with E-state index in [1.54, 1.807) is 6.26 Å². The number of aryl methyl sites for hydroxylation is 1. The molecule has 3 rings (SSSR count). The molecule has 3 nitrogen and oxygen atoms in total. The molecule has 1 aromatic rings. The highest BCUT2D eigenvalue weighted by atomic mass is 16.5. The molecule has 2 aliphatic carbocycles. The van der Waals surface area contributed by atoms with Crippen molar-refractivity contribution in [3.8, 4) is 0 Å². The van der Waals surface area contributed by atoms with Gasteiger partial charge in [0.25, 0.3) is 0 Å². The molecule has 0 aliphatic heterocycles. The Morgan fingerprint density at radius 3 is 2.75 bits per heavy atom. The van der Waals surface area contributed by atoms with Crippen LogP contribution in [-0.4, -0.2) is 13.1 Å². The van der Waals surface area contributed by atoms with Crippen molar-refractivity contribution in [3.63, 3.8) is 0 Å². The number of allylic oxidation sites excluding steroid dienone is 1. The maximum absolute atomic E-state index is 12.4. The first-order valence-electron chi connectivity index (χ1n) is 9.16. The molecule has 0 aromatic carbocycles. The summed E-state index contributed by atoms with van der Waals surface area (Å²) in [5.74, 6) is 0.618. The van der Waals surface area contributed by atoms with Gasteiger partial charge < -0.3 is 9.15 Å². The molecule has 24 heavy (non-hydrogen) atoms. The number of carbonyl (C=O) groups is 1. The second-order valence-electron chi connectivity index (χ2n) is 8.54. The molecule has 1 aromatic heterocycles. The van der Waals surface area contributed by atoms with Crippen LogP contribution < -0.4 is 0 Å². The average Bonchev–Trinajstić information content (AvgIpc) is 3.04. The van der Waals surface area contributed by atoms with Gasteiger partial charge in [0.15, 0.2) is 0 Å². The van der Waals surface area contributed by atoms with Crippen LogP contribution in [0.2, 0.25) is 0 Å². The van der Waals surface area contributed by atoms with Crippen molar-refractivity contribution in [2.75, 3.05) is 7.11 Å². The van der Waals surface area contributed by atoms with Gasteiger partial charge in [-0.3, -0.25) is 4.79 Å². The number of esters is 1. The fourth-order valence-corrected chi connectivity index (χ4v) is 5.45. The van der Waals surface area contributed by atoms with Crippen LogP contribution in [0.4, 0.5) is 0 Å². The smallest absolute Gasteiger partial charge is 0.312 e.